The van der Waals surface area contributed by atoms with E-state index in [1.807, 2.05) is 12.1 Å². The summed E-state index contributed by atoms with van der Waals surface area (Å²) in [5.41, 5.74) is 6.44. The predicted molar refractivity (Wildman–Crippen MR) is 65.5 cm³/mol. The van der Waals surface area contributed by atoms with Gasteiger partial charge in [-0.2, -0.15) is 0 Å². The molecule has 0 amide bonds. The maximum absolute atomic E-state index is 6.08. The first kappa shape index (κ1) is 10.9. The van der Waals surface area contributed by atoms with E-state index in [2.05, 4.69) is 4.98 Å². The fraction of sp³-hybridized carbons (Fsp3) is 0.100. The Morgan fingerprint density at radius 2 is 2.13 bits per heavy atom. The molecule has 0 unspecified atom stereocenters. The van der Waals surface area contributed by atoms with E-state index < -0.39 is 0 Å². The highest BCUT2D eigenvalue weighted by molar-refractivity contribution is 7.15. The van der Waals surface area contributed by atoms with E-state index in [1.54, 1.807) is 23.6 Å². The molecule has 0 fully saturated rings. The summed E-state index contributed by atoms with van der Waals surface area (Å²) in [5.74, 6) is 0. The van der Waals surface area contributed by atoms with Gasteiger partial charge in [0.1, 0.15) is 5.01 Å². The first-order chi connectivity index (χ1) is 7.20. The summed E-state index contributed by atoms with van der Waals surface area (Å²) in [6.45, 7) is 0.454. The number of aromatic nitrogens is 1. The molecule has 0 atom stereocenters. The fourth-order valence-corrected chi connectivity index (χ4v) is 2.62. The molecule has 1 aromatic heterocycles. The van der Waals surface area contributed by atoms with Gasteiger partial charge in [0, 0.05) is 23.3 Å². The first-order valence-corrected chi connectivity index (χ1v) is 5.88. The summed E-state index contributed by atoms with van der Waals surface area (Å²) in [7, 11) is 0. The van der Waals surface area contributed by atoms with Gasteiger partial charge in [0.05, 0.1) is 9.90 Å². The molecule has 0 bridgehead atoms. The molecule has 5 heteroatoms. The zero-order valence-corrected chi connectivity index (χ0v) is 10.0. The Hall–Kier alpha value is -0.610. The van der Waals surface area contributed by atoms with Gasteiger partial charge in [-0.15, -0.1) is 11.3 Å². The Balaban J connectivity index is 2.44. The smallest absolute Gasteiger partial charge is 0.107 e. The molecular weight excluding hydrogens is 251 g/mol. The van der Waals surface area contributed by atoms with Crippen LogP contribution < -0.4 is 5.73 Å². The number of hydrogen-bond acceptors (Lipinski definition) is 3. The third-order valence-electron chi connectivity index (χ3n) is 1.92. The Morgan fingerprint density at radius 3 is 2.73 bits per heavy atom. The van der Waals surface area contributed by atoms with Gasteiger partial charge in [0.25, 0.3) is 0 Å². The van der Waals surface area contributed by atoms with Crippen LogP contribution in [-0.2, 0) is 6.54 Å². The van der Waals surface area contributed by atoms with Gasteiger partial charge in [-0.3, -0.25) is 0 Å². The summed E-state index contributed by atoms with van der Waals surface area (Å²) in [6.07, 6.45) is 1.78. The number of nitrogens with zero attached hydrogens (tertiary/aromatic N) is 1. The highest BCUT2D eigenvalue weighted by atomic mass is 35.5. The van der Waals surface area contributed by atoms with Crippen molar-refractivity contribution in [2.24, 2.45) is 5.73 Å². The van der Waals surface area contributed by atoms with Crippen molar-refractivity contribution in [3.63, 3.8) is 0 Å². The van der Waals surface area contributed by atoms with Crippen molar-refractivity contribution in [2.75, 3.05) is 0 Å². The number of hydrogen-bond donors (Lipinski definition) is 1. The molecule has 0 aliphatic heterocycles. The maximum atomic E-state index is 6.08. The molecule has 2 nitrogen and oxygen atoms in total. The number of rotatable bonds is 2. The van der Waals surface area contributed by atoms with Crippen LogP contribution in [0.25, 0.3) is 10.4 Å². The van der Waals surface area contributed by atoms with E-state index in [0.717, 1.165) is 15.4 Å². The summed E-state index contributed by atoms with van der Waals surface area (Å²) < 4.78 is 0. The van der Waals surface area contributed by atoms with Crippen molar-refractivity contribution >= 4 is 34.5 Å². The summed E-state index contributed by atoms with van der Waals surface area (Å²) in [4.78, 5) is 5.19. The molecule has 78 valence electrons. The molecule has 2 aromatic rings. The lowest BCUT2D eigenvalue weighted by Crippen LogP contribution is -1.93. The van der Waals surface area contributed by atoms with Crippen LogP contribution in [0.15, 0.2) is 24.4 Å². The molecule has 0 saturated heterocycles. The minimum absolute atomic E-state index is 0.454. The van der Waals surface area contributed by atoms with E-state index in [9.17, 15) is 0 Å². The van der Waals surface area contributed by atoms with Crippen LogP contribution in [0.4, 0.5) is 0 Å². The van der Waals surface area contributed by atoms with Crippen LogP contribution in [0.1, 0.15) is 5.01 Å². The Morgan fingerprint density at radius 1 is 1.33 bits per heavy atom. The monoisotopic (exact) mass is 258 g/mol. The normalized spacial score (nSPS) is 10.6. The van der Waals surface area contributed by atoms with Crippen LogP contribution in [0.3, 0.4) is 0 Å². The molecule has 1 aromatic carbocycles. The van der Waals surface area contributed by atoms with Gasteiger partial charge in [0.15, 0.2) is 0 Å². The van der Waals surface area contributed by atoms with Gasteiger partial charge in [-0.05, 0) is 12.1 Å². The van der Waals surface area contributed by atoms with Crippen molar-refractivity contribution < 1.29 is 0 Å². The summed E-state index contributed by atoms with van der Waals surface area (Å²) in [6, 6.07) is 5.42. The van der Waals surface area contributed by atoms with Gasteiger partial charge < -0.3 is 5.73 Å². The zero-order valence-electron chi connectivity index (χ0n) is 7.71. The molecule has 0 spiro atoms. The summed E-state index contributed by atoms with van der Waals surface area (Å²) in [5, 5.41) is 2.16. The van der Waals surface area contributed by atoms with E-state index in [-0.39, 0.29) is 0 Å². The Labute approximate surface area is 102 Å². The van der Waals surface area contributed by atoms with E-state index in [4.69, 9.17) is 28.9 Å². The van der Waals surface area contributed by atoms with Crippen LogP contribution in [0.2, 0.25) is 10.0 Å². The largest absolute Gasteiger partial charge is 0.325 e. The molecule has 15 heavy (non-hydrogen) atoms. The van der Waals surface area contributed by atoms with Gasteiger partial charge in [-0.25, -0.2) is 4.98 Å². The molecule has 0 aliphatic rings. The van der Waals surface area contributed by atoms with Crippen molar-refractivity contribution in [1.82, 2.24) is 4.98 Å². The van der Waals surface area contributed by atoms with Crippen molar-refractivity contribution in [1.29, 1.82) is 0 Å². The molecule has 0 radical (unpaired) electrons. The Kier molecular flexibility index (Phi) is 3.26. The highest BCUT2D eigenvalue weighted by Gasteiger charge is 2.07. The van der Waals surface area contributed by atoms with Crippen molar-refractivity contribution in [3.05, 3.63) is 39.4 Å². The fourth-order valence-electron chi connectivity index (χ4n) is 1.22. The highest BCUT2D eigenvalue weighted by Crippen LogP contribution is 2.33. The van der Waals surface area contributed by atoms with E-state index in [1.165, 1.54) is 0 Å². The van der Waals surface area contributed by atoms with E-state index in [0.29, 0.717) is 16.6 Å². The minimum atomic E-state index is 0.454. The Bertz CT molecular complexity index is 482. The first-order valence-electron chi connectivity index (χ1n) is 4.31. The third kappa shape index (κ3) is 2.32. The number of benzene rings is 1. The lowest BCUT2D eigenvalue weighted by molar-refractivity contribution is 1.04. The van der Waals surface area contributed by atoms with Gasteiger partial charge >= 0.3 is 0 Å². The van der Waals surface area contributed by atoms with E-state index >= 15 is 0 Å². The lowest BCUT2D eigenvalue weighted by Gasteiger charge is -2.00. The maximum Gasteiger partial charge on any atom is 0.107 e. The number of thiazole rings is 1. The molecule has 2 N–H and O–H groups in total. The summed E-state index contributed by atoms with van der Waals surface area (Å²) >= 11 is 13.4. The van der Waals surface area contributed by atoms with Crippen molar-refractivity contribution in [2.45, 2.75) is 6.54 Å². The van der Waals surface area contributed by atoms with Crippen LogP contribution in [0, 0.1) is 0 Å². The molecular formula is C10H8Cl2N2S. The molecule has 1 heterocycles. The van der Waals surface area contributed by atoms with Gasteiger partial charge in [-0.1, -0.05) is 29.3 Å². The third-order valence-corrected chi connectivity index (χ3v) is 3.53. The second-order valence-electron chi connectivity index (χ2n) is 2.95. The standard InChI is InChI=1S/C10H8Cl2N2S/c11-6-1-2-7(8(12)3-6)9-5-14-10(4-13)15-9/h1-3,5H,4,13H2. The zero-order chi connectivity index (χ0) is 10.8. The second-order valence-corrected chi connectivity index (χ2v) is 4.91. The van der Waals surface area contributed by atoms with Gasteiger partial charge in [0.2, 0.25) is 0 Å². The average molecular weight is 259 g/mol. The van der Waals surface area contributed by atoms with Crippen LogP contribution in [0.5, 0.6) is 0 Å². The number of nitrogens with two attached hydrogens (primary N) is 1. The number of halogens is 2. The predicted octanol–water partition coefficient (Wildman–Crippen LogP) is 3.58. The van der Waals surface area contributed by atoms with Crippen LogP contribution >= 0.6 is 34.5 Å². The molecule has 0 aliphatic carbocycles. The topological polar surface area (TPSA) is 38.9 Å². The second kappa shape index (κ2) is 4.49. The van der Waals surface area contributed by atoms with Crippen LogP contribution in [-0.4, -0.2) is 4.98 Å². The SMILES string of the molecule is NCc1ncc(-c2ccc(Cl)cc2Cl)s1. The molecule has 2 rings (SSSR count). The molecule has 0 saturated carbocycles. The quantitative estimate of drug-likeness (QED) is 0.895. The van der Waals surface area contributed by atoms with Crippen molar-refractivity contribution in [3.8, 4) is 10.4 Å². The average Bonchev–Trinajstić information content (AvgIpc) is 2.66. The lowest BCUT2D eigenvalue weighted by atomic mass is 10.2. The minimum Gasteiger partial charge on any atom is -0.325 e.